The highest BCUT2D eigenvalue weighted by atomic mass is 127. The zero-order valence-corrected chi connectivity index (χ0v) is 16.9. The summed E-state index contributed by atoms with van der Waals surface area (Å²) >= 11 is 3.11. The van der Waals surface area contributed by atoms with E-state index in [4.69, 9.17) is 4.74 Å². The maximum atomic E-state index is 12.7. The highest BCUT2D eigenvalue weighted by molar-refractivity contribution is 14.1. The Bertz CT molecular complexity index is 752. The molecule has 2 rings (SSSR count). The Morgan fingerprint density at radius 3 is 2.38 bits per heavy atom. The number of ether oxygens (including phenoxy) is 1. The lowest BCUT2D eigenvalue weighted by molar-refractivity contribution is -0.0328. The van der Waals surface area contributed by atoms with Crippen molar-refractivity contribution in [2.45, 2.75) is 17.0 Å². The molecule has 2 aromatic carbocycles. The number of carboxylic acids is 1. The molecule has 0 saturated heterocycles. The van der Waals surface area contributed by atoms with E-state index >= 15 is 0 Å². The number of thioether (sulfide) groups is 1. The first-order valence-electron chi connectivity index (χ1n) is 6.37. The van der Waals surface area contributed by atoms with Gasteiger partial charge in [0, 0.05) is 8.47 Å². The summed E-state index contributed by atoms with van der Waals surface area (Å²) in [4.78, 5) is 11.4. The highest BCUT2D eigenvalue weighted by Crippen LogP contribution is 2.45. The van der Waals surface area contributed by atoms with E-state index in [1.807, 2.05) is 6.07 Å². The van der Waals surface area contributed by atoms with Crippen LogP contribution in [-0.4, -0.2) is 16.6 Å². The quantitative estimate of drug-likeness (QED) is 0.360. The average molecular weight is 580 g/mol. The Labute approximate surface area is 167 Å². The number of carbonyl (C=O) groups is 1. The Kier molecular flexibility index (Phi) is 6.65. The summed E-state index contributed by atoms with van der Waals surface area (Å²) in [6.45, 7) is 0.0633. The molecule has 1 N–H and O–H groups in total. The van der Waals surface area contributed by atoms with E-state index in [2.05, 4.69) is 0 Å². The molecule has 9 heteroatoms. The molecule has 128 valence electrons. The molecule has 24 heavy (non-hydrogen) atoms. The standard InChI is InChI=1S/C15H9F3I2O3S/c16-15(17,18)24-13-10(19)6-9(14(21)22)12(11(13)20)23-7-8-4-2-1-3-5-8/h1-6H,7H2,(H,21,22). The van der Waals surface area contributed by atoms with Gasteiger partial charge in [-0.1, -0.05) is 30.3 Å². The van der Waals surface area contributed by atoms with Gasteiger partial charge in [-0.3, -0.25) is 0 Å². The number of alkyl halides is 3. The molecule has 0 atom stereocenters. The van der Waals surface area contributed by atoms with Crippen LogP contribution in [0.1, 0.15) is 15.9 Å². The summed E-state index contributed by atoms with van der Waals surface area (Å²) in [5.41, 5.74) is -3.85. The van der Waals surface area contributed by atoms with Gasteiger partial charge in [-0.25, -0.2) is 4.79 Å². The molecule has 2 aromatic rings. The lowest BCUT2D eigenvalue weighted by Gasteiger charge is -2.16. The third kappa shape index (κ3) is 5.15. The van der Waals surface area contributed by atoms with E-state index in [0.29, 0.717) is 0 Å². The fraction of sp³-hybridized carbons (Fsp3) is 0.133. The number of hydrogen-bond donors (Lipinski definition) is 1. The number of carboxylic acid groups (broad SMARTS) is 1. The predicted molar refractivity (Wildman–Crippen MR) is 102 cm³/mol. The van der Waals surface area contributed by atoms with E-state index in [9.17, 15) is 23.1 Å². The third-order valence-electron chi connectivity index (χ3n) is 2.81. The van der Waals surface area contributed by atoms with Crippen molar-refractivity contribution in [3.8, 4) is 5.75 Å². The topological polar surface area (TPSA) is 46.5 Å². The Morgan fingerprint density at radius 1 is 1.21 bits per heavy atom. The van der Waals surface area contributed by atoms with Crippen LogP contribution in [0.4, 0.5) is 13.2 Å². The van der Waals surface area contributed by atoms with E-state index in [-0.39, 0.29) is 41.7 Å². The third-order valence-corrected chi connectivity index (χ3v) is 6.28. The monoisotopic (exact) mass is 580 g/mol. The molecular formula is C15H9F3I2O3S. The second-order valence-corrected chi connectivity index (χ2v) is 7.82. The van der Waals surface area contributed by atoms with Crippen LogP contribution in [0.25, 0.3) is 0 Å². The first-order valence-corrected chi connectivity index (χ1v) is 9.34. The van der Waals surface area contributed by atoms with Crippen molar-refractivity contribution in [1.82, 2.24) is 0 Å². The first-order chi connectivity index (χ1) is 11.2. The molecule has 0 saturated carbocycles. The number of hydrogen-bond acceptors (Lipinski definition) is 3. The van der Waals surface area contributed by atoms with Gasteiger partial charge in [0.15, 0.2) is 0 Å². The van der Waals surface area contributed by atoms with Crippen molar-refractivity contribution in [3.63, 3.8) is 0 Å². The molecule has 0 aliphatic carbocycles. The smallest absolute Gasteiger partial charge is 0.446 e. The molecule has 0 heterocycles. The Hall–Kier alpha value is -0.690. The zero-order valence-electron chi connectivity index (χ0n) is 11.7. The fourth-order valence-electron chi connectivity index (χ4n) is 1.82. The van der Waals surface area contributed by atoms with Gasteiger partial charge in [0.2, 0.25) is 0 Å². The minimum Gasteiger partial charge on any atom is -0.487 e. The second kappa shape index (κ2) is 8.13. The molecular weight excluding hydrogens is 571 g/mol. The van der Waals surface area contributed by atoms with Crippen LogP contribution in [0, 0.1) is 7.14 Å². The SMILES string of the molecule is O=C(O)c1cc(I)c(SC(F)(F)F)c(I)c1OCc1ccccc1. The Morgan fingerprint density at radius 2 is 1.83 bits per heavy atom. The van der Waals surface area contributed by atoms with Crippen molar-refractivity contribution in [2.24, 2.45) is 0 Å². The number of aromatic carboxylic acids is 1. The molecule has 0 radical (unpaired) electrons. The lowest BCUT2D eigenvalue weighted by atomic mass is 10.2. The highest BCUT2D eigenvalue weighted by Gasteiger charge is 2.33. The molecule has 0 aliphatic rings. The number of rotatable bonds is 5. The predicted octanol–water partition coefficient (Wildman–Crippen LogP) is 5.78. The van der Waals surface area contributed by atoms with E-state index in [0.717, 1.165) is 5.56 Å². The van der Waals surface area contributed by atoms with E-state index < -0.39 is 11.5 Å². The molecule has 3 nitrogen and oxygen atoms in total. The van der Waals surface area contributed by atoms with Gasteiger partial charge in [-0.2, -0.15) is 13.2 Å². The number of halogens is 5. The zero-order chi connectivity index (χ0) is 17.9. The average Bonchev–Trinajstić information content (AvgIpc) is 2.50. The van der Waals surface area contributed by atoms with Gasteiger partial charge in [0.25, 0.3) is 0 Å². The molecule has 0 fully saturated rings. The van der Waals surface area contributed by atoms with Gasteiger partial charge in [0.05, 0.1) is 3.57 Å². The summed E-state index contributed by atoms with van der Waals surface area (Å²) < 4.78 is 44.1. The molecule has 0 aliphatic heterocycles. The van der Waals surface area contributed by atoms with Crippen molar-refractivity contribution in [3.05, 3.63) is 54.7 Å². The van der Waals surface area contributed by atoms with E-state index in [1.54, 1.807) is 69.4 Å². The first kappa shape index (κ1) is 19.6. The van der Waals surface area contributed by atoms with E-state index in [1.165, 1.54) is 6.07 Å². The maximum Gasteiger partial charge on any atom is 0.446 e. The van der Waals surface area contributed by atoms with Crippen LogP contribution >= 0.6 is 56.9 Å². The minimum absolute atomic E-state index is 0.0564. The van der Waals surface area contributed by atoms with Crippen LogP contribution < -0.4 is 4.74 Å². The van der Waals surface area contributed by atoms with Crippen molar-refractivity contribution < 1.29 is 27.8 Å². The van der Waals surface area contributed by atoms with Gasteiger partial charge < -0.3 is 9.84 Å². The van der Waals surface area contributed by atoms with Gasteiger partial charge in [-0.15, -0.1) is 0 Å². The molecule has 0 amide bonds. The molecule has 0 spiro atoms. The Balaban J connectivity index is 2.43. The van der Waals surface area contributed by atoms with Crippen molar-refractivity contribution in [2.75, 3.05) is 0 Å². The van der Waals surface area contributed by atoms with Crippen LogP contribution in [0.3, 0.4) is 0 Å². The lowest BCUT2D eigenvalue weighted by Crippen LogP contribution is -2.09. The maximum absolute atomic E-state index is 12.7. The second-order valence-electron chi connectivity index (χ2n) is 4.51. The summed E-state index contributed by atoms with van der Waals surface area (Å²) in [5.74, 6) is -1.31. The fourth-order valence-corrected chi connectivity index (χ4v) is 4.89. The van der Waals surface area contributed by atoms with Crippen LogP contribution in [0.2, 0.25) is 0 Å². The van der Waals surface area contributed by atoms with Crippen LogP contribution in [0.5, 0.6) is 5.75 Å². The van der Waals surface area contributed by atoms with Crippen LogP contribution in [-0.2, 0) is 6.61 Å². The summed E-state index contributed by atoms with van der Waals surface area (Å²) in [6, 6.07) is 10.2. The number of benzene rings is 2. The van der Waals surface area contributed by atoms with Gasteiger partial charge in [-0.05, 0) is 68.6 Å². The molecule has 0 bridgehead atoms. The summed E-state index contributed by atoms with van der Waals surface area (Å²) in [5, 5.41) is 9.32. The van der Waals surface area contributed by atoms with Gasteiger partial charge >= 0.3 is 11.5 Å². The minimum atomic E-state index is -4.47. The largest absolute Gasteiger partial charge is 0.487 e. The summed E-state index contributed by atoms with van der Waals surface area (Å²) in [6.07, 6.45) is 0. The molecule has 0 aromatic heterocycles. The summed E-state index contributed by atoms with van der Waals surface area (Å²) in [7, 11) is 0. The van der Waals surface area contributed by atoms with Gasteiger partial charge in [0.1, 0.15) is 17.9 Å². The molecule has 0 unspecified atom stereocenters. The normalized spacial score (nSPS) is 11.4. The van der Waals surface area contributed by atoms with Crippen LogP contribution in [0.15, 0.2) is 41.3 Å². The van der Waals surface area contributed by atoms with Crippen molar-refractivity contribution in [1.29, 1.82) is 0 Å². The van der Waals surface area contributed by atoms with Crippen molar-refractivity contribution >= 4 is 62.9 Å².